The van der Waals surface area contributed by atoms with E-state index in [9.17, 15) is 18.3 Å². The Bertz CT molecular complexity index is 960. The summed E-state index contributed by atoms with van der Waals surface area (Å²) in [6.07, 6.45) is -5.50. The molecule has 0 bridgehead atoms. The van der Waals surface area contributed by atoms with Gasteiger partial charge in [0, 0.05) is 29.2 Å². The van der Waals surface area contributed by atoms with E-state index in [-0.39, 0.29) is 12.1 Å². The van der Waals surface area contributed by atoms with Crippen molar-refractivity contribution in [1.29, 1.82) is 0 Å². The summed E-state index contributed by atoms with van der Waals surface area (Å²) in [5.41, 5.74) is 0.752. The van der Waals surface area contributed by atoms with Crippen molar-refractivity contribution < 1.29 is 18.3 Å². The van der Waals surface area contributed by atoms with Crippen molar-refractivity contribution in [2.24, 2.45) is 0 Å². The number of halogens is 4. The molecule has 0 saturated carbocycles. The number of rotatable bonds is 5. The van der Waals surface area contributed by atoms with Crippen molar-refractivity contribution >= 4 is 22.5 Å². The zero-order chi connectivity index (χ0) is 19.6. The summed E-state index contributed by atoms with van der Waals surface area (Å²) in [7, 11) is 0. The first-order valence-electron chi connectivity index (χ1n) is 8.37. The summed E-state index contributed by atoms with van der Waals surface area (Å²) in [6, 6.07) is 12.8. The molecule has 142 valence electrons. The van der Waals surface area contributed by atoms with Gasteiger partial charge in [0.05, 0.1) is 17.2 Å². The van der Waals surface area contributed by atoms with Crippen LogP contribution in [0.5, 0.6) is 0 Å². The van der Waals surface area contributed by atoms with Gasteiger partial charge in [-0.1, -0.05) is 41.9 Å². The van der Waals surface area contributed by atoms with Crippen molar-refractivity contribution in [3.63, 3.8) is 0 Å². The second kappa shape index (κ2) is 7.84. The molecule has 1 atom stereocenters. The third-order valence-corrected chi connectivity index (χ3v) is 4.64. The first kappa shape index (κ1) is 19.6. The van der Waals surface area contributed by atoms with Crippen molar-refractivity contribution in [3.8, 4) is 0 Å². The second-order valence-electron chi connectivity index (χ2n) is 6.29. The standard InChI is InChI=1S/C20H18ClF3N2O/c1-12-9-15(14-6-4-7-16(19(14)26-12)20(22,23)24)18(27)11-25-10-13-5-2-3-8-17(13)21/h2-9,18,25,27H,10-11H2,1H3. The van der Waals surface area contributed by atoms with E-state index in [1.807, 2.05) is 18.2 Å². The molecule has 0 aliphatic heterocycles. The van der Waals surface area contributed by atoms with Crippen LogP contribution in [0, 0.1) is 6.92 Å². The molecular weight excluding hydrogens is 377 g/mol. The number of aliphatic hydroxyl groups is 1. The van der Waals surface area contributed by atoms with Crippen LogP contribution >= 0.6 is 11.6 Å². The molecule has 3 rings (SSSR count). The van der Waals surface area contributed by atoms with Crippen molar-refractivity contribution in [1.82, 2.24) is 10.3 Å². The third kappa shape index (κ3) is 4.40. The second-order valence-corrected chi connectivity index (χ2v) is 6.70. The molecule has 1 unspecified atom stereocenters. The van der Waals surface area contributed by atoms with Crippen LogP contribution in [0.25, 0.3) is 10.9 Å². The highest BCUT2D eigenvalue weighted by Crippen LogP contribution is 2.36. The highest BCUT2D eigenvalue weighted by molar-refractivity contribution is 6.31. The number of fused-ring (bicyclic) bond motifs is 1. The largest absolute Gasteiger partial charge is 0.418 e. The van der Waals surface area contributed by atoms with E-state index in [0.717, 1.165) is 11.6 Å². The van der Waals surface area contributed by atoms with Crippen LogP contribution in [0.15, 0.2) is 48.5 Å². The maximum Gasteiger partial charge on any atom is 0.418 e. The predicted octanol–water partition coefficient (Wildman–Crippen LogP) is 5.04. The van der Waals surface area contributed by atoms with E-state index in [1.165, 1.54) is 6.07 Å². The Balaban J connectivity index is 1.86. The zero-order valence-electron chi connectivity index (χ0n) is 14.5. The number of benzene rings is 2. The summed E-state index contributed by atoms with van der Waals surface area (Å²) in [5.74, 6) is 0. The van der Waals surface area contributed by atoms with Gasteiger partial charge in [0.15, 0.2) is 0 Å². The van der Waals surface area contributed by atoms with Crippen molar-refractivity contribution in [3.05, 3.63) is 75.9 Å². The normalized spacial score (nSPS) is 13.1. The molecule has 3 aromatic rings. The Kier molecular flexibility index (Phi) is 5.69. The SMILES string of the molecule is Cc1cc(C(O)CNCc2ccccc2Cl)c2cccc(C(F)(F)F)c2n1. The van der Waals surface area contributed by atoms with Gasteiger partial charge >= 0.3 is 6.18 Å². The van der Waals surface area contributed by atoms with Gasteiger partial charge in [-0.15, -0.1) is 0 Å². The van der Waals surface area contributed by atoms with Crippen LogP contribution in [0.1, 0.15) is 28.5 Å². The molecule has 0 saturated heterocycles. The van der Waals surface area contributed by atoms with Gasteiger partial charge in [-0.25, -0.2) is 0 Å². The summed E-state index contributed by atoms with van der Waals surface area (Å²) >= 11 is 6.10. The molecular formula is C20H18ClF3N2O. The van der Waals surface area contributed by atoms with E-state index in [0.29, 0.717) is 28.2 Å². The zero-order valence-corrected chi connectivity index (χ0v) is 15.3. The number of nitrogens with one attached hydrogen (secondary N) is 1. The molecule has 7 heteroatoms. The summed E-state index contributed by atoms with van der Waals surface area (Å²) in [5, 5.41) is 14.6. The molecule has 0 amide bonds. The Labute approximate surface area is 159 Å². The number of para-hydroxylation sites is 1. The van der Waals surface area contributed by atoms with Gasteiger partial charge in [-0.2, -0.15) is 13.2 Å². The van der Waals surface area contributed by atoms with E-state index < -0.39 is 17.8 Å². The van der Waals surface area contributed by atoms with Crippen LogP contribution in [0.4, 0.5) is 13.2 Å². The molecule has 0 aliphatic carbocycles. The van der Waals surface area contributed by atoms with Gasteiger partial charge in [0.25, 0.3) is 0 Å². The molecule has 2 aromatic carbocycles. The number of alkyl halides is 3. The summed E-state index contributed by atoms with van der Waals surface area (Å²) in [6.45, 7) is 2.21. The lowest BCUT2D eigenvalue weighted by Gasteiger charge is -2.17. The number of aliphatic hydroxyl groups excluding tert-OH is 1. The molecule has 0 radical (unpaired) electrons. The lowest BCUT2D eigenvalue weighted by Crippen LogP contribution is -2.21. The van der Waals surface area contributed by atoms with Crippen LogP contribution < -0.4 is 5.32 Å². The van der Waals surface area contributed by atoms with Crippen LogP contribution in [0.3, 0.4) is 0 Å². The average Bonchev–Trinajstić information content (AvgIpc) is 2.61. The van der Waals surface area contributed by atoms with E-state index in [1.54, 1.807) is 25.1 Å². The molecule has 0 spiro atoms. The fourth-order valence-corrected chi connectivity index (χ4v) is 3.21. The van der Waals surface area contributed by atoms with Crippen LogP contribution in [0.2, 0.25) is 5.02 Å². The number of aromatic nitrogens is 1. The third-order valence-electron chi connectivity index (χ3n) is 4.27. The highest BCUT2D eigenvalue weighted by atomic mass is 35.5. The van der Waals surface area contributed by atoms with Crippen molar-refractivity contribution in [2.45, 2.75) is 25.7 Å². The van der Waals surface area contributed by atoms with Crippen LogP contribution in [-0.2, 0) is 12.7 Å². The Morgan fingerprint density at radius 1 is 1.15 bits per heavy atom. The highest BCUT2D eigenvalue weighted by Gasteiger charge is 2.33. The maximum absolute atomic E-state index is 13.3. The minimum Gasteiger partial charge on any atom is -0.387 e. The topological polar surface area (TPSA) is 45.1 Å². The van der Waals surface area contributed by atoms with Gasteiger partial charge < -0.3 is 10.4 Å². The number of pyridine rings is 1. The minimum absolute atomic E-state index is 0.148. The summed E-state index contributed by atoms with van der Waals surface area (Å²) < 4.78 is 39.8. The molecule has 0 aliphatic rings. The Morgan fingerprint density at radius 2 is 1.89 bits per heavy atom. The average molecular weight is 395 g/mol. The Morgan fingerprint density at radius 3 is 2.59 bits per heavy atom. The number of hydrogen-bond acceptors (Lipinski definition) is 3. The molecule has 0 fully saturated rings. The van der Waals surface area contributed by atoms with Crippen LogP contribution in [-0.4, -0.2) is 16.6 Å². The van der Waals surface area contributed by atoms with E-state index in [2.05, 4.69) is 10.3 Å². The predicted molar refractivity (Wildman–Crippen MR) is 99.6 cm³/mol. The number of hydrogen-bond donors (Lipinski definition) is 2. The first-order chi connectivity index (χ1) is 12.8. The molecule has 1 aromatic heterocycles. The molecule has 2 N–H and O–H groups in total. The monoisotopic (exact) mass is 394 g/mol. The van der Waals surface area contributed by atoms with E-state index >= 15 is 0 Å². The lowest BCUT2D eigenvalue weighted by molar-refractivity contribution is -0.136. The van der Waals surface area contributed by atoms with Gasteiger partial charge in [-0.3, -0.25) is 4.98 Å². The fourth-order valence-electron chi connectivity index (χ4n) is 3.01. The number of aryl methyl sites for hydroxylation is 1. The van der Waals surface area contributed by atoms with Gasteiger partial charge in [-0.05, 0) is 36.2 Å². The fraction of sp³-hybridized carbons (Fsp3) is 0.250. The summed E-state index contributed by atoms with van der Waals surface area (Å²) in [4.78, 5) is 4.06. The Hall–Kier alpha value is -2.15. The molecule has 27 heavy (non-hydrogen) atoms. The minimum atomic E-state index is -4.51. The lowest BCUT2D eigenvalue weighted by atomic mass is 9.99. The smallest absolute Gasteiger partial charge is 0.387 e. The van der Waals surface area contributed by atoms with Crippen molar-refractivity contribution in [2.75, 3.05) is 6.54 Å². The van der Waals surface area contributed by atoms with Gasteiger partial charge in [0.2, 0.25) is 0 Å². The quantitative estimate of drug-likeness (QED) is 0.637. The van der Waals surface area contributed by atoms with E-state index in [4.69, 9.17) is 11.6 Å². The number of nitrogens with zero attached hydrogens (tertiary/aromatic N) is 1. The molecule has 3 nitrogen and oxygen atoms in total. The maximum atomic E-state index is 13.3. The first-order valence-corrected chi connectivity index (χ1v) is 8.75. The molecule has 1 heterocycles. The van der Waals surface area contributed by atoms with Gasteiger partial charge in [0.1, 0.15) is 0 Å².